The number of rotatable bonds is 8. The lowest BCUT2D eigenvalue weighted by Gasteiger charge is -2.36. The van der Waals surface area contributed by atoms with Gasteiger partial charge in [0.1, 0.15) is 18.5 Å². The maximum atomic E-state index is 11.3. The quantitative estimate of drug-likeness (QED) is 0.590. The van der Waals surface area contributed by atoms with Gasteiger partial charge in [0.15, 0.2) is 0 Å². The Bertz CT molecular complexity index is 905. The van der Waals surface area contributed by atoms with Crippen LogP contribution in [0.25, 0.3) is 0 Å². The molecule has 2 aromatic carbocycles. The number of β-amino-alcohol motifs (C(OH)–C–C–N with tert-alkyl or cyclic N) is 1. The van der Waals surface area contributed by atoms with Gasteiger partial charge in [-0.25, -0.2) is 8.42 Å². The number of nitrogens with one attached hydrogen (secondary N) is 1. The lowest BCUT2D eigenvalue weighted by Crippen LogP contribution is -2.49. The Morgan fingerprint density at radius 2 is 1.71 bits per heavy atom. The summed E-state index contributed by atoms with van der Waals surface area (Å²) in [6.07, 6.45) is 0.601. The van der Waals surface area contributed by atoms with Crippen molar-refractivity contribution in [1.82, 2.24) is 4.90 Å². The molecule has 1 saturated heterocycles. The minimum Gasteiger partial charge on any atom is -0.491 e. The third kappa shape index (κ3) is 9.13. The number of sulfonamides is 1. The molecule has 0 bridgehead atoms. The first-order valence-corrected chi connectivity index (χ1v) is 11.6. The number of aliphatic hydroxyl groups excluding tert-OH is 1. The second-order valence-electron chi connectivity index (χ2n) is 7.49. The second-order valence-corrected chi connectivity index (χ2v) is 9.24. The van der Waals surface area contributed by atoms with E-state index in [-0.39, 0.29) is 31.4 Å². The van der Waals surface area contributed by atoms with E-state index in [1.54, 1.807) is 12.1 Å². The topological polar surface area (TPSA) is 82.1 Å². The van der Waals surface area contributed by atoms with Crippen molar-refractivity contribution in [3.05, 3.63) is 54.1 Å². The fourth-order valence-corrected chi connectivity index (χ4v) is 3.96. The van der Waals surface area contributed by atoms with Crippen molar-refractivity contribution in [2.75, 3.05) is 55.2 Å². The van der Waals surface area contributed by atoms with E-state index in [0.717, 1.165) is 49.4 Å². The summed E-state index contributed by atoms with van der Waals surface area (Å²) >= 11 is 0. The molecule has 174 valence electrons. The van der Waals surface area contributed by atoms with Gasteiger partial charge in [-0.3, -0.25) is 9.62 Å². The number of piperazine rings is 1. The molecule has 0 aliphatic carbocycles. The van der Waals surface area contributed by atoms with Crippen LogP contribution in [0.4, 0.5) is 11.4 Å². The predicted molar refractivity (Wildman–Crippen MR) is 131 cm³/mol. The van der Waals surface area contributed by atoms with Crippen LogP contribution in [-0.4, -0.2) is 70.1 Å². The Kier molecular flexibility index (Phi) is 10.9. The molecule has 31 heavy (non-hydrogen) atoms. The highest BCUT2D eigenvalue weighted by Crippen LogP contribution is 2.20. The Morgan fingerprint density at radius 3 is 2.29 bits per heavy atom. The first-order valence-electron chi connectivity index (χ1n) is 9.71. The second kappa shape index (κ2) is 12.4. The maximum absolute atomic E-state index is 11.3. The van der Waals surface area contributed by atoms with Gasteiger partial charge in [0, 0.05) is 44.1 Å². The molecule has 3 rings (SSSR count). The zero-order valence-corrected chi connectivity index (χ0v) is 20.2. The molecule has 0 radical (unpaired) electrons. The van der Waals surface area contributed by atoms with Crippen molar-refractivity contribution >= 4 is 46.2 Å². The van der Waals surface area contributed by atoms with Gasteiger partial charge >= 0.3 is 0 Å². The van der Waals surface area contributed by atoms with Crippen LogP contribution in [0.5, 0.6) is 5.75 Å². The van der Waals surface area contributed by atoms with Crippen LogP contribution >= 0.6 is 24.8 Å². The summed E-state index contributed by atoms with van der Waals surface area (Å²) in [5, 5.41) is 10.3. The molecule has 7 nitrogen and oxygen atoms in total. The van der Waals surface area contributed by atoms with E-state index in [2.05, 4.69) is 14.5 Å². The molecule has 0 aromatic heterocycles. The average molecular weight is 492 g/mol. The van der Waals surface area contributed by atoms with Crippen molar-refractivity contribution in [3.63, 3.8) is 0 Å². The molecule has 2 N–H and O–H groups in total. The van der Waals surface area contributed by atoms with Gasteiger partial charge in [-0.2, -0.15) is 0 Å². The average Bonchev–Trinajstić information content (AvgIpc) is 2.67. The molecular formula is C21H31Cl2N3O4S. The molecule has 0 saturated carbocycles. The van der Waals surface area contributed by atoms with Crippen molar-refractivity contribution in [2.45, 2.75) is 13.0 Å². The Morgan fingerprint density at radius 1 is 1.06 bits per heavy atom. The molecular weight excluding hydrogens is 461 g/mol. The fraction of sp³-hybridized carbons (Fsp3) is 0.429. The smallest absolute Gasteiger partial charge is 0.229 e. The summed E-state index contributed by atoms with van der Waals surface area (Å²) < 4.78 is 30.8. The van der Waals surface area contributed by atoms with Crippen LogP contribution in [-0.2, 0) is 10.0 Å². The fourth-order valence-electron chi connectivity index (χ4n) is 3.39. The van der Waals surface area contributed by atoms with Crippen molar-refractivity contribution < 1.29 is 18.3 Å². The van der Waals surface area contributed by atoms with Crippen LogP contribution in [0.2, 0.25) is 0 Å². The van der Waals surface area contributed by atoms with Gasteiger partial charge in [-0.15, -0.1) is 24.8 Å². The summed E-state index contributed by atoms with van der Waals surface area (Å²) in [6, 6.07) is 15.2. The van der Waals surface area contributed by atoms with E-state index in [0.29, 0.717) is 12.2 Å². The standard InChI is InChI=1S/C21H29N3O4S.2ClH/c1-17-4-3-5-21(14-17)28-16-20(25)15-23-10-12-24(13-11-23)19-8-6-18(7-9-19)22-29(2,26)27;;/h3-9,14,20,22,25H,10-13,15-16H2,1-2H3;2*1H. The lowest BCUT2D eigenvalue weighted by molar-refractivity contribution is 0.0663. The van der Waals surface area contributed by atoms with Crippen LogP contribution in [0.15, 0.2) is 48.5 Å². The lowest BCUT2D eigenvalue weighted by atomic mass is 10.2. The summed E-state index contributed by atoms with van der Waals surface area (Å²) in [5.41, 5.74) is 2.76. The van der Waals surface area contributed by atoms with E-state index >= 15 is 0 Å². The van der Waals surface area contributed by atoms with Gasteiger partial charge in [0.25, 0.3) is 0 Å². The van der Waals surface area contributed by atoms with Gasteiger partial charge in [0.05, 0.1) is 6.26 Å². The van der Waals surface area contributed by atoms with Crippen LogP contribution < -0.4 is 14.4 Å². The molecule has 0 amide bonds. The first-order chi connectivity index (χ1) is 13.8. The van der Waals surface area contributed by atoms with E-state index in [9.17, 15) is 13.5 Å². The molecule has 1 aliphatic rings. The Balaban J connectivity index is 0.00000240. The number of aliphatic hydroxyl groups is 1. The predicted octanol–water partition coefficient (Wildman–Crippen LogP) is 2.77. The van der Waals surface area contributed by atoms with E-state index in [1.165, 1.54) is 0 Å². The molecule has 1 heterocycles. The van der Waals surface area contributed by atoms with Crippen LogP contribution in [0.1, 0.15) is 5.56 Å². The molecule has 10 heteroatoms. The normalized spacial score (nSPS) is 15.4. The van der Waals surface area contributed by atoms with E-state index in [4.69, 9.17) is 4.74 Å². The number of ether oxygens (including phenoxy) is 1. The van der Waals surface area contributed by atoms with Crippen LogP contribution in [0.3, 0.4) is 0 Å². The number of anilines is 2. The minimum atomic E-state index is -3.26. The third-order valence-electron chi connectivity index (χ3n) is 4.81. The van der Waals surface area contributed by atoms with Gasteiger partial charge in [0.2, 0.25) is 10.0 Å². The van der Waals surface area contributed by atoms with Crippen molar-refractivity contribution in [3.8, 4) is 5.75 Å². The molecule has 1 unspecified atom stereocenters. The number of hydrogen-bond donors (Lipinski definition) is 2. The van der Waals surface area contributed by atoms with E-state index < -0.39 is 16.1 Å². The van der Waals surface area contributed by atoms with Gasteiger partial charge < -0.3 is 14.7 Å². The molecule has 0 spiro atoms. The number of aryl methyl sites for hydroxylation is 1. The Labute approximate surface area is 197 Å². The number of nitrogens with zero attached hydrogens (tertiary/aromatic N) is 2. The summed E-state index contributed by atoms with van der Waals surface area (Å²) in [6.45, 7) is 6.28. The molecule has 2 aromatic rings. The SMILES string of the molecule is Cc1cccc(OCC(O)CN2CCN(c3ccc(NS(C)(=O)=O)cc3)CC2)c1.Cl.Cl. The summed E-state index contributed by atoms with van der Waals surface area (Å²) in [5.74, 6) is 0.780. The van der Waals surface area contributed by atoms with E-state index in [1.807, 2.05) is 43.3 Å². The maximum Gasteiger partial charge on any atom is 0.229 e. The number of hydrogen-bond acceptors (Lipinski definition) is 6. The van der Waals surface area contributed by atoms with Crippen molar-refractivity contribution in [2.24, 2.45) is 0 Å². The highest BCUT2D eigenvalue weighted by Gasteiger charge is 2.20. The minimum absolute atomic E-state index is 0. The first kappa shape index (κ1) is 27.3. The summed E-state index contributed by atoms with van der Waals surface area (Å²) in [4.78, 5) is 4.50. The van der Waals surface area contributed by atoms with Gasteiger partial charge in [-0.1, -0.05) is 12.1 Å². The van der Waals surface area contributed by atoms with Crippen molar-refractivity contribution in [1.29, 1.82) is 0 Å². The van der Waals surface area contributed by atoms with Gasteiger partial charge in [-0.05, 0) is 48.9 Å². The Hall–Kier alpha value is -1.71. The monoisotopic (exact) mass is 491 g/mol. The third-order valence-corrected chi connectivity index (χ3v) is 5.42. The number of benzene rings is 2. The number of halogens is 2. The molecule has 1 aliphatic heterocycles. The highest BCUT2D eigenvalue weighted by molar-refractivity contribution is 7.92. The highest BCUT2D eigenvalue weighted by atomic mass is 35.5. The zero-order valence-electron chi connectivity index (χ0n) is 17.7. The molecule has 1 fully saturated rings. The zero-order chi connectivity index (χ0) is 20.9. The largest absolute Gasteiger partial charge is 0.491 e. The summed E-state index contributed by atoms with van der Waals surface area (Å²) in [7, 11) is -3.26. The molecule has 1 atom stereocenters. The van der Waals surface area contributed by atoms with Crippen LogP contribution in [0, 0.1) is 6.92 Å².